The van der Waals surface area contributed by atoms with Crippen LogP contribution in [0.4, 0.5) is 8.78 Å². The highest BCUT2D eigenvalue weighted by atomic mass is 19.3. The van der Waals surface area contributed by atoms with Crippen molar-refractivity contribution in [3.8, 4) is 17.2 Å². The van der Waals surface area contributed by atoms with Crippen LogP contribution >= 0.6 is 0 Å². The molecular weight excluding hydrogens is 384 g/mol. The van der Waals surface area contributed by atoms with Crippen LogP contribution in [0, 0.1) is 5.92 Å². The van der Waals surface area contributed by atoms with E-state index in [-0.39, 0.29) is 6.42 Å². The molecule has 0 aromatic heterocycles. The van der Waals surface area contributed by atoms with Gasteiger partial charge in [0.1, 0.15) is 17.2 Å². The normalized spacial score (nSPS) is 17.9. The molecule has 0 bridgehead atoms. The van der Waals surface area contributed by atoms with Gasteiger partial charge < -0.3 is 14.8 Å². The summed E-state index contributed by atoms with van der Waals surface area (Å²) in [5, 5.41) is 3.34. The molecule has 2 atom stereocenters. The molecule has 0 aliphatic heterocycles. The molecule has 5 heteroatoms. The second-order valence-corrected chi connectivity index (χ2v) is 7.49. The number of para-hydroxylation sites is 1. The minimum atomic E-state index is -2.62. The van der Waals surface area contributed by atoms with Gasteiger partial charge in [-0.2, -0.15) is 0 Å². The van der Waals surface area contributed by atoms with Gasteiger partial charge in [-0.3, -0.25) is 0 Å². The number of ether oxygens (including phenoxy) is 2. The second kappa shape index (κ2) is 8.84. The Morgan fingerprint density at radius 3 is 2.30 bits per heavy atom. The van der Waals surface area contributed by atoms with Crippen molar-refractivity contribution in [2.45, 2.75) is 31.9 Å². The van der Waals surface area contributed by atoms with Crippen molar-refractivity contribution >= 4 is 0 Å². The number of benzene rings is 3. The summed E-state index contributed by atoms with van der Waals surface area (Å²) in [7, 11) is 0. The molecule has 0 heterocycles. The van der Waals surface area contributed by atoms with Crippen LogP contribution in [-0.4, -0.2) is 12.5 Å². The Morgan fingerprint density at radius 2 is 1.63 bits per heavy atom. The van der Waals surface area contributed by atoms with Crippen molar-refractivity contribution in [3.05, 3.63) is 90.0 Å². The fraction of sp³-hybridized carbons (Fsp3) is 0.280. The van der Waals surface area contributed by atoms with Crippen molar-refractivity contribution in [2.24, 2.45) is 5.92 Å². The summed E-state index contributed by atoms with van der Waals surface area (Å²) in [4.78, 5) is 0. The van der Waals surface area contributed by atoms with Crippen LogP contribution in [-0.2, 0) is 6.54 Å². The summed E-state index contributed by atoms with van der Waals surface area (Å²) in [6.07, 6.45) is -0.0883. The third-order valence-electron chi connectivity index (χ3n) is 5.23. The number of halogens is 2. The predicted molar refractivity (Wildman–Crippen MR) is 113 cm³/mol. The SMILES string of the molecule is CCOc1ccc(C(NCc2cccc(Oc3ccccc3)c2)C2CC2(F)F)cc1. The molecule has 30 heavy (non-hydrogen) atoms. The Labute approximate surface area is 175 Å². The fourth-order valence-electron chi connectivity index (χ4n) is 3.60. The lowest BCUT2D eigenvalue weighted by Gasteiger charge is -2.20. The van der Waals surface area contributed by atoms with Crippen LogP contribution in [0.1, 0.15) is 30.5 Å². The molecule has 156 valence electrons. The number of hydrogen-bond donors (Lipinski definition) is 1. The van der Waals surface area contributed by atoms with Gasteiger partial charge in [-0.15, -0.1) is 0 Å². The Kier molecular flexibility index (Phi) is 6.00. The number of rotatable bonds is 9. The average Bonchev–Trinajstić information content (AvgIpc) is 3.38. The monoisotopic (exact) mass is 409 g/mol. The minimum absolute atomic E-state index is 0.0883. The van der Waals surface area contributed by atoms with E-state index in [4.69, 9.17) is 9.47 Å². The Bertz CT molecular complexity index is 960. The molecule has 1 saturated carbocycles. The summed E-state index contributed by atoms with van der Waals surface area (Å²) in [6, 6.07) is 24.2. The molecule has 1 aliphatic carbocycles. The first-order valence-electron chi connectivity index (χ1n) is 10.2. The molecule has 3 nitrogen and oxygen atoms in total. The van der Waals surface area contributed by atoms with Crippen LogP contribution in [0.2, 0.25) is 0 Å². The van der Waals surface area contributed by atoms with E-state index in [2.05, 4.69) is 5.32 Å². The smallest absolute Gasteiger partial charge is 0.253 e. The molecule has 1 aliphatic rings. The third kappa shape index (κ3) is 4.97. The zero-order chi connectivity index (χ0) is 21.0. The first-order chi connectivity index (χ1) is 14.5. The van der Waals surface area contributed by atoms with Crippen molar-refractivity contribution in [1.29, 1.82) is 0 Å². The zero-order valence-corrected chi connectivity index (χ0v) is 16.9. The van der Waals surface area contributed by atoms with Crippen LogP contribution in [0.15, 0.2) is 78.9 Å². The first-order valence-corrected chi connectivity index (χ1v) is 10.2. The van der Waals surface area contributed by atoms with Crippen molar-refractivity contribution in [3.63, 3.8) is 0 Å². The zero-order valence-electron chi connectivity index (χ0n) is 16.9. The number of hydrogen-bond acceptors (Lipinski definition) is 3. The average molecular weight is 409 g/mol. The molecule has 1 fully saturated rings. The Balaban J connectivity index is 1.46. The summed E-state index contributed by atoms with van der Waals surface area (Å²) < 4.78 is 39.1. The van der Waals surface area contributed by atoms with Gasteiger partial charge in [0.2, 0.25) is 0 Å². The lowest BCUT2D eigenvalue weighted by atomic mass is 10.0. The highest BCUT2D eigenvalue weighted by Gasteiger charge is 2.60. The highest BCUT2D eigenvalue weighted by Crippen LogP contribution is 2.55. The van der Waals surface area contributed by atoms with Crippen LogP contribution in [0.25, 0.3) is 0 Å². The molecule has 4 rings (SSSR count). The topological polar surface area (TPSA) is 30.5 Å². The largest absolute Gasteiger partial charge is 0.494 e. The van der Waals surface area contributed by atoms with E-state index >= 15 is 0 Å². The maximum absolute atomic E-state index is 13.9. The quantitative estimate of drug-likeness (QED) is 0.446. The second-order valence-electron chi connectivity index (χ2n) is 7.49. The van der Waals surface area contributed by atoms with Gasteiger partial charge in [-0.25, -0.2) is 8.78 Å². The van der Waals surface area contributed by atoms with Gasteiger partial charge in [0.15, 0.2) is 0 Å². The van der Waals surface area contributed by atoms with E-state index in [0.717, 1.165) is 28.4 Å². The Morgan fingerprint density at radius 1 is 0.933 bits per heavy atom. The van der Waals surface area contributed by atoms with Gasteiger partial charge in [-0.1, -0.05) is 42.5 Å². The summed E-state index contributed by atoms with van der Waals surface area (Å²) >= 11 is 0. The van der Waals surface area contributed by atoms with Gasteiger partial charge in [0.25, 0.3) is 5.92 Å². The van der Waals surface area contributed by atoms with Crippen LogP contribution in [0.3, 0.4) is 0 Å². The van der Waals surface area contributed by atoms with Gasteiger partial charge in [0, 0.05) is 24.9 Å². The third-order valence-corrected chi connectivity index (χ3v) is 5.23. The van der Waals surface area contributed by atoms with Gasteiger partial charge >= 0.3 is 0 Å². The maximum atomic E-state index is 13.9. The number of alkyl halides is 2. The van der Waals surface area contributed by atoms with E-state index in [9.17, 15) is 8.78 Å². The maximum Gasteiger partial charge on any atom is 0.253 e. The van der Waals surface area contributed by atoms with E-state index in [1.54, 1.807) is 0 Å². The molecule has 0 spiro atoms. The van der Waals surface area contributed by atoms with Crippen molar-refractivity contribution < 1.29 is 18.3 Å². The summed E-state index contributed by atoms with van der Waals surface area (Å²) in [5.41, 5.74) is 1.82. The fourth-order valence-corrected chi connectivity index (χ4v) is 3.60. The predicted octanol–water partition coefficient (Wildman–Crippen LogP) is 6.36. The molecule has 2 unspecified atom stereocenters. The van der Waals surface area contributed by atoms with Crippen LogP contribution in [0.5, 0.6) is 17.2 Å². The standard InChI is InChI=1S/C25H25F2NO2/c1-2-29-20-13-11-19(12-14-20)24(23-16-25(23,26)27)28-17-18-7-6-10-22(15-18)30-21-8-4-3-5-9-21/h3-15,23-24,28H,2,16-17H2,1H3. The lowest BCUT2D eigenvalue weighted by Crippen LogP contribution is -2.25. The van der Waals surface area contributed by atoms with E-state index < -0.39 is 17.9 Å². The van der Waals surface area contributed by atoms with E-state index in [1.165, 1.54) is 0 Å². The lowest BCUT2D eigenvalue weighted by molar-refractivity contribution is 0.0893. The van der Waals surface area contributed by atoms with E-state index in [0.29, 0.717) is 13.2 Å². The summed E-state index contributed by atoms with van der Waals surface area (Å²) in [6.45, 7) is 2.96. The highest BCUT2D eigenvalue weighted by molar-refractivity contribution is 5.35. The van der Waals surface area contributed by atoms with E-state index in [1.807, 2.05) is 85.8 Å². The molecule has 3 aromatic carbocycles. The first kappa shape index (κ1) is 20.4. The number of nitrogens with one attached hydrogen (secondary N) is 1. The molecular formula is C25H25F2NO2. The van der Waals surface area contributed by atoms with Crippen LogP contribution < -0.4 is 14.8 Å². The summed E-state index contributed by atoms with van der Waals surface area (Å²) in [5.74, 6) is -1.09. The molecule has 0 amide bonds. The van der Waals surface area contributed by atoms with Crippen molar-refractivity contribution in [2.75, 3.05) is 6.61 Å². The van der Waals surface area contributed by atoms with Crippen molar-refractivity contribution in [1.82, 2.24) is 5.32 Å². The van der Waals surface area contributed by atoms with Gasteiger partial charge in [-0.05, 0) is 54.4 Å². The minimum Gasteiger partial charge on any atom is -0.494 e. The Hall–Kier alpha value is -2.92. The molecule has 1 N–H and O–H groups in total. The van der Waals surface area contributed by atoms with Gasteiger partial charge in [0.05, 0.1) is 6.61 Å². The molecule has 0 radical (unpaired) electrons. The molecule has 3 aromatic rings. The molecule has 0 saturated heterocycles.